The van der Waals surface area contributed by atoms with Gasteiger partial charge in [0.05, 0.1) is 21.7 Å². The molecule has 0 bridgehead atoms. The molecule has 0 unspecified atom stereocenters. The van der Waals surface area contributed by atoms with Crippen LogP contribution in [0.1, 0.15) is 36.7 Å². The third-order valence-corrected chi connectivity index (χ3v) is 6.05. The number of nitrogens with zero attached hydrogens (tertiary/aromatic N) is 2. The molecule has 9 heteroatoms. The Labute approximate surface area is 219 Å². The molecular formula is C28H27ClFN5O2. The lowest BCUT2D eigenvalue weighted by Gasteiger charge is -2.18. The number of hydrogen-bond acceptors (Lipinski definition) is 5. The number of rotatable bonds is 6. The van der Waals surface area contributed by atoms with Crippen LogP contribution in [0.25, 0.3) is 22.3 Å². The number of carbonyl (C=O) groups is 2. The van der Waals surface area contributed by atoms with Crippen molar-refractivity contribution >= 4 is 45.8 Å². The van der Waals surface area contributed by atoms with Crippen LogP contribution in [0, 0.1) is 11.2 Å². The zero-order valence-corrected chi connectivity index (χ0v) is 21.7. The Hall–Kier alpha value is -4.04. The lowest BCUT2D eigenvalue weighted by atomic mass is 9.95. The summed E-state index contributed by atoms with van der Waals surface area (Å²) in [7, 11) is 1.72. The maximum Gasteiger partial charge on any atom is 0.257 e. The fourth-order valence-electron chi connectivity index (χ4n) is 3.66. The fourth-order valence-corrected chi connectivity index (χ4v) is 3.87. The van der Waals surface area contributed by atoms with E-state index in [0.29, 0.717) is 17.0 Å². The van der Waals surface area contributed by atoms with Gasteiger partial charge in [0, 0.05) is 30.1 Å². The van der Waals surface area contributed by atoms with Gasteiger partial charge in [-0.25, -0.2) is 14.4 Å². The molecule has 0 atom stereocenters. The first-order valence-corrected chi connectivity index (χ1v) is 12.1. The first-order chi connectivity index (χ1) is 17.6. The predicted octanol–water partition coefficient (Wildman–Crippen LogP) is 6.05. The minimum absolute atomic E-state index is 0.0951. The molecule has 0 aliphatic carbocycles. The Kier molecular flexibility index (Phi) is 7.40. The summed E-state index contributed by atoms with van der Waals surface area (Å²) in [5, 5.41) is 9.74. The van der Waals surface area contributed by atoms with Crippen LogP contribution in [-0.2, 0) is 11.3 Å². The van der Waals surface area contributed by atoms with Gasteiger partial charge < -0.3 is 16.0 Å². The van der Waals surface area contributed by atoms with Crippen LogP contribution in [0.15, 0.2) is 60.7 Å². The lowest BCUT2D eigenvalue weighted by molar-refractivity contribution is -0.128. The molecule has 0 spiro atoms. The Morgan fingerprint density at radius 2 is 1.76 bits per heavy atom. The third kappa shape index (κ3) is 5.86. The van der Waals surface area contributed by atoms with Crippen molar-refractivity contribution in [1.29, 1.82) is 0 Å². The third-order valence-electron chi connectivity index (χ3n) is 5.72. The van der Waals surface area contributed by atoms with Gasteiger partial charge in [-0.2, -0.15) is 0 Å². The van der Waals surface area contributed by atoms with E-state index in [1.54, 1.807) is 61.6 Å². The summed E-state index contributed by atoms with van der Waals surface area (Å²) in [6.45, 7) is 5.76. The second-order valence-electron chi connectivity index (χ2n) is 9.56. The smallest absolute Gasteiger partial charge is 0.257 e. The van der Waals surface area contributed by atoms with Gasteiger partial charge in [-0.3, -0.25) is 9.59 Å². The molecule has 3 aromatic carbocycles. The Bertz CT molecular complexity index is 1500. The van der Waals surface area contributed by atoms with E-state index in [2.05, 4.69) is 25.9 Å². The Morgan fingerprint density at radius 1 is 1.00 bits per heavy atom. The quantitative estimate of drug-likeness (QED) is 0.288. The predicted molar refractivity (Wildman–Crippen MR) is 145 cm³/mol. The van der Waals surface area contributed by atoms with E-state index in [0.717, 1.165) is 10.9 Å². The van der Waals surface area contributed by atoms with Crippen molar-refractivity contribution in [2.24, 2.45) is 5.41 Å². The van der Waals surface area contributed by atoms with E-state index in [-0.39, 0.29) is 34.4 Å². The number of halogens is 2. The topological polar surface area (TPSA) is 96.0 Å². The number of anilines is 2. The molecule has 4 aromatic rings. The lowest BCUT2D eigenvalue weighted by Crippen LogP contribution is -2.34. The highest BCUT2D eigenvalue weighted by Crippen LogP contribution is 2.29. The van der Waals surface area contributed by atoms with Crippen LogP contribution in [0.3, 0.4) is 0 Å². The van der Waals surface area contributed by atoms with Crippen LogP contribution in [0.2, 0.25) is 5.02 Å². The second kappa shape index (κ2) is 10.5. The van der Waals surface area contributed by atoms with Crippen molar-refractivity contribution in [2.75, 3.05) is 17.7 Å². The van der Waals surface area contributed by atoms with Crippen molar-refractivity contribution in [3.63, 3.8) is 0 Å². The number of fused-ring (bicyclic) bond motifs is 1. The van der Waals surface area contributed by atoms with Gasteiger partial charge in [-0.15, -0.1) is 0 Å². The molecule has 0 fully saturated rings. The molecule has 0 aliphatic heterocycles. The van der Waals surface area contributed by atoms with Gasteiger partial charge >= 0.3 is 0 Å². The number of hydrogen-bond donors (Lipinski definition) is 3. The standard InChI is InChI=1S/C28H27ClFN5O2/c1-28(2,3)27(37)32-15-16-9-12-21(29)20(13-16)26(36)33-17-10-11-19-23(14-17)34-25(35-24(19)31-4)18-7-5-6-8-22(18)30/h5-14H,15H2,1-4H3,(H,32,37)(H,33,36)(H,31,34,35). The maximum atomic E-state index is 14.4. The molecule has 0 radical (unpaired) electrons. The molecule has 4 rings (SSSR count). The summed E-state index contributed by atoms with van der Waals surface area (Å²) < 4.78 is 14.4. The van der Waals surface area contributed by atoms with Crippen molar-refractivity contribution < 1.29 is 14.0 Å². The summed E-state index contributed by atoms with van der Waals surface area (Å²) >= 11 is 6.32. The van der Waals surface area contributed by atoms with Crippen LogP contribution in [0.4, 0.5) is 15.9 Å². The maximum absolute atomic E-state index is 14.4. The SMILES string of the molecule is CNc1nc(-c2ccccc2F)nc2cc(NC(=O)c3cc(CNC(=O)C(C)(C)C)ccc3Cl)ccc12. The number of carbonyl (C=O) groups excluding carboxylic acids is 2. The van der Waals surface area contributed by atoms with Crippen molar-refractivity contribution in [3.05, 3.63) is 82.6 Å². The van der Waals surface area contributed by atoms with Crippen molar-refractivity contribution in [3.8, 4) is 11.4 Å². The van der Waals surface area contributed by atoms with Crippen molar-refractivity contribution in [1.82, 2.24) is 15.3 Å². The summed E-state index contributed by atoms with van der Waals surface area (Å²) in [5.74, 6) is -0.171. The molecule has 1 aromatic heterocycles. The zero-order chi connectivity index (χ0) is 26.7. The normalized spacial score (nSPS) is 11.3. The average molecular weight is 520 g/mol. The molecule has 3 N–H and O–H groups in total. The van der Waals surface area contributed by atoms with E-state index in [9.17, 15) is 14.0 Å². The molecular weight excluding hydrogens is 493 g/mol. The number of nitrogens with one attached hydrogen (secondary N) is 3. The molecule has 1 heterocycles. The van der Waals surface area contributed by atoms with Crippen molar-refractivity contribution in [2.45, 2.75) is 27.3 Å². The van der Waals surface area contributed by atoms with Gasteiger partial charge in [-0.1, -0.05) is 50.6 Å². The van der Waals surface area contributed by atoms with Gasteiger partial charge in [0.15, 0.2) is 5.82 Å². The average Bonchev–Trinajstić information content (AvgIpc) is 2.86. The highest BCUT2D eigenvalue weighted by atomic mass is 35.5. The second-order valence-corrected chi connectivity index (χ2v) is 9.97. The van der Waals surface area contributed by atoms with E-state index in [4.69, 9.17) is 11.6 Å². The Balaban J connectivity index is 1.61. The highest BCUT2D eigenvalue weighted by Gasteiger charge is 2.21. The molecule has 0 aliphatic rings. The first kappa shape index (κ1) is 26.0. The minimum atomic E-state index is -0.522. The van der Waals surface area contributed by atoms with Crippen LogP contribution >= 0.6 is 11.6 Å². The fraction of sp³-hybridized carbons (Fsp3) is 0.214. The summed E-state index contributed by atoms with van der Waals surface area (Å²) in [6.07, 6.45) is 0. The number of benzene rings is 3. The van der Waals surface area contributed by atoms with Gasteiger partial charge in [0.2, 0.25) is 5.91 Å². The van der Waals surface area contributed by atoms with E-state index in [1.165, 1.54) is 6.07 Å². The Morgan fingerprint density at radius 3 is 2.46 bits per heavy atom. The molecule has 37 heavy (non-hydrogen) atoms. The summed E-state index contributed by atoms with van der Waals surface area (Å²) in [5.41, 5.74) is 1.78. The van der Waals surface area contributed by atoms with Gasteiger partial charge in [0.25, 0.3) is 5.91 Å². The first-order valence-electron chi connectivity index (χ1n) is 11.7. The largest absolute Gasteiger partial charge is 0.373 e. The summed E-state index contributed by atoms with van der Waals surface area (Å²) in [4.78, 5) is 34.3. The van der Waals surface area contributed by atoms with Gasteiger partial charge in [-0.05, 0) is 48.0 Å². The van der Waals surface area contributed by atoms with E-state index >= 15 is 0 Å². The molecule has 2 amide bonds. The van der Waals surface area contributed by atoms with E-state index in [1.807, 2.05) is 20.8 Å². The minimum Gasteiger partial charge on any atom is -0.373 e. The molecule has 0 saturated heterocycles. The van der Waals surface area contributed by atoms with E-state index < -0.39 is 17.1 Å². The molecule has 7 nitrogen and oxygen atoms in total. The van der Waals surface area contributed by atoms with Crippen LogP contribution < -0.4 is 16.0 Å². The van der Waals surface area contributed by atoms with Crippen LogP contribution in [0.5, 0.6) is 0 Å². The number of amides is 2. The zero-order valence-electron chi connectivity index (χ0n) is 20.9. The summed E-state index contributed by atoms with van der Waals surface area (Å²) in [6, 6.07) is 16.5. The monoisotopic (exact) mass is 519 g/mol. The van der Waals surface area contributed by atoms with Gasteiger partial charge in [0.1, 0.15) is 11.6 Å². The molecule has 0 saturated carbocycles. The molecule has 190 valence electrons. The number of aromatic nitrogens is 2. The van der Waals surface area contributed by atoms with Crippen LogP contribution in [-0.4, -0.2) is 28.8 Å². The highest BCUT2D eigenvalue weighted by molar-refractivity contribution is 6.34.